The van der Waals surface area contributed by atoms with Crippen LogP contribution in [0.25, 0.3) is 0 Å². The lowest BCUT2D eigenvalue weighted by molar-refractivity contribution is 0.308. The van der Waals surface area contributed by atoms with Gasteiger partial charge in [-0.3, -0.25) is 10.6 Å². The predicted molar refractivity (Wildman–Crippen MR) is 68.7 cm³/mol. The summed E-state index contributed by atoms with van der Waals surface area (Å²) in [5.41, 5.74) is 0.0121. The molecule has 0 radical (unpaired) electrons. The Labute approximate surface area is 92.0 Å². The van der Waals surface area contributed by atoms with E-state index in [0.717, 1.165) is 29.8 Å². The van der Waals surface area contributed by atoms with Crippen LogP contribution in [0.4, 0.5) is 0 Å². The molecule has 0 amide bonds. The lowest BCUT2D eigenvalue weighted by Crippen LogP contribution is -2.58. The van der Waals surface area contributed by atoms with Gasteiger partial charge in [-0.05, 0) is 32.4 Å². The van der Waals surface area contributed by atoms with Crippen LogP contribution >= 0.6 is 0 Å². The Balaban J connectivity index is 4.35. The van der Waals surface area contributed by atoms with Gasteiger partial charge in [-0.2, -0.15) is 0 Å². The predicted octanol–water partition coefficient (Wildman–Crippen LogP) is 0.971. The van der Waals surface area contributed by atoms with Crippen LogP contribution in [-0.2, 0) is 0 Å². The standard InChI is InChI=1S/C11H26N2Si/c1-5-8-12-11(7-3,10(4)14)13-9-6-2/h12-13H,4-9H2,1-3,14H3. The number of rotatable bonds is 8. The Morgan fingerprint density at radius 1 is 1.14 bits per heavy atom. The van der Waals surface area contributed by atoms with Crippen molar-refractivity contribution in [2.24, 2.45) is 0 Å². The molecule has 0 atom stereocenters. The van der Waals surface area contributed by atoms with Gasteiger partial charge >= 0.3 is 0 Å². The summed E-state index contributed by atoms with van der Waals surface area (Å²) in [6, 6.07) is 0. The van der Waals surface area contributed by atoms with Gasteiger partial charge in [-0.15, -0.1) is 6.58 Å². The van der Waals surface area contributed by atoms with Crippen LogP contribution in [0.1, 0.15) is 40.0 Å². The van der Waals surface area contributed by atoms with Crippen molar-refractivity contribution in [2.75, 3.05) is 13.1 Å². The fraction of sp³-hybridized carbons (Fsp3) is 0.818. The summed E-state index contributed by atoms with van der Waals surface area (Å²) in [6.07, 6.45) is 3.42. The van der Waals surface area contributed by atoms with Gasteiger partial charge in [0.25, 0.3) is 0 Å². The van der Waals surface area contributed by atoms with Crippen molar-refractivity contribution in [2.45, 2.75) is 45.7 Å². The highest BCUT2D eigenvalue weighted by Crippen LogP contribution is 2.13. The summed E-state index contributed by atoms with van der Waals surface area (Å²) in [4.78, 5) is 0. The molecule has 3 heteroatoms. The molecule has 0 aromatic heterocycles. The molecule has 14 heavy (non-hydrogen) atoms. The zero-order chi connectivity index (χ0) is 11.0. The smallest absolute Gasteiger partial charge is 0.0857 e. The molecule has 0 aliphatic heterocycles. The van der Waals surface area contributed by atoms with Crippen molar-refractivity contribution >= 4 is 10.2 Å². The summed E-state index contributed by atoms with van der Waals surface area (Å²) < 4.78 is 0. The second-order valence-corrected chi connectivity index (χ2v) is 5.10. The molecular weight excluding hydrogens is 188 g/mol. The fourth-order valence-corrected chi connectivity index (χ4v) is 2.30. The Hall–Kier alpha value is -0.123. The molecule has 0 aliphatic rings. The molecule has 0 spiro atoms. The van der Waals surface area contributed by atoms with E-state index >= 15 is 0 Å². The van der Waals surface area contributed by atoms with E-state index < -0.39 is 0 Å². The number of hydrogen-bond donors (Lipinski definition) is 2. The Morgan fingerprint density at radius 2 is 1.57 bits per heavy atom. The molecule has 0 rings (SSSR count). The zero-order valence-electron chi connectivity index (χ0n) is 10.2. The van der Waals surface area contributed by atoms with Crippen LogP contribution in [0.2, 0.25) is 0 Å². The van der Waals surface area contributed by atoms with Gasteiger partial charge in [0.1, 0.15) is 0 Å². The first-order valence-corrected chi connectivity index (χ1v) is 6.79. The van der Waals surface area contributed by atoms with Crippen molar-refractivity contribution in [3.05, 3.63) is 11.8 Å². The summed E-state index contributed by atoms with van der Waals surface area (Å²) in [5.74, 6) is 0. The summed E-state index contributed by atoms with van der Waals surface area (Å²) >= 11 is 0. The van der Waals surface area contributed by atoms with E-state index in [-0.39, 0.29) is 5.66 Å². The van der Waals surface area contributed by atoms with Crippen LogP contribution < -0.4 is 10.6 Å². The molecule has 0 aromatic rings. The number of nitrogens with one attached hydrogen (secondary N) is 2. The largest absolute Gasteiger partial charge is 0.296 e. The first kappa shape index (κ1) is 13.9. The van der Waals surface area contributed by atoms with E-state index in [9.17, 15) is 0 Å². The Kier molecular flexibility index (Phi) is 7.14. The van der Waals surface area contributed by atoms with Crippen LogP contribution in [-0.4, -0.2) is 29.0 Å². The molecule has 0 heterocycles. The quantitative estimate of drug-likeness (QED) is 0.465. The maximum atomic E-state index is 4.14. The first-order valence-electron chi connectivity index (χ1n) is 5.79. The summed E-state index contributed by atoms with van der Waals surface area (Å²) in [6.45, 7) is 12.9. The molecule has 2 nitrogen and oxygen atoms in total. The minimum atomic E-state index is 0.0121. The first-order chi connectivity index (χ1) is 6.63. The van der Waals surface area contributed by atoms with Gasteiger partial charge < -0.3 is 0 Å². The highest BCUT2D eigenvalue weighted by Gasteiger charge is 2.26. The van der Waals surface area contributed by atoms with Crippen molar-refractivity contribution in [3.8, 4) is 0 Å². The lowest BCUT2D eigenvalue weighted by Gasteiger charge is -2.36. The molecule has 0 fully saturated rings. The van der Waals surface area contributed by atoms with Gasteiger partial charge in [-0.25, -0.2) is 0 Å². The molecule has 0 aliphatic carbocycles. The average Bonchev–Trinajstić information content (AvgIpc) is 2.18. The molecule has 2 N–H and O–H groups in total. The van der Waals surface area contributed by atoms with Crippen LogP contribution in [0.3, 0.4) is 0 Å². The van der Waals surface area contributed by atoms with Crippen molar-refractivity contribution in [3.63, 3.8) is 0 Å². The SMILES string of the molecule is C=C([SiH3])C(CC)(NCCC)NCCC. The van der Waals surface area contributed by atoms with Gasteiger partial charge in [-0.1, -0.05) is 26.0 Å². The van der Waals surface area contributed by atoms with Gasteiger partial charge in [0, 0.05) is 10.2 Å². The van der Waals surface area contributed by atoms with E-state index in [2.05, 4.69) is 38.0 Å². The zero-order valence-corrected chi connectivity index (χ0v) is 12.2. The van der Waals surface area contributed by atoms with E-state index in [1.807, 2.05) is 0 Å². The van der Waals surface area contributed by atoms with Crippen LogP contribution in [0.5, 0.6) is 0 Å². The molecular formula is C11H26N2Si. The molecule has 0 bridgehead atoms. The van der Waals surface area contributed by atoms with Crippen molar-refractivity contribution in [1.29, 1.82) is 0 Å². The molecule has 0 saturated heterocycles. The molecule has 84 valence electrons. The fourth-order valence-electron chi connectivity index (χ4n) is 1.59. The van der Waals surface area contributed by atoms with Gasteiger partial charge in [0.05, 0.1) is 5.66 Å². The molecule has 0 aromatic carbocycles. The third-order valence-corrected chi connectivity index (χ3v) is 3.47. The monoisotopic (exact) mass is 214 g/mol. The van der Waals surface area contributed by atoms with Crippen LogP contribution in [0.15, 0.2) is 11.8 Å². The maximum absolute atomic E-state index is 4.14. The van der Waals surface area contributed by atoms with Gasteiger partial charge in [0.15, 0.2) is 0 Å². The van der Waals surface area contributed by atoms with E-state index in [1.54, 1.807) is 0 Å². The highest BCUT2D eigenvalue weighted by atomic mass is 28.1. The summed E-state index contributed by atoms with van der Waals surface area (Å²) in [5, 5.41) is 8.50. The highest BCUT2D eigenvalue weighted by molar-refractivity contribution is 6.22. The van der Waals surface area contributed by atoms with Crippen molar-refractivity contribution < 1.29 is 0 Å². The minimum absolute atomic E-state index is 0.0121. The average molecular weight is 214 g/mol. The van der Waals surface area contributed by atoms with Gasteiger partial charge in [0.2, 0.25) is 0 Å². The second-order valence-electron chi connectivity index (χ2n) is 3.89. The molecule has 0 saturated carbocycles. The Morgan fingerprint density at radius 3 is 1.79 bits per heavy atom. The van der Waals surface area contributed by atoms with Crippen molar-refractivity contribution in [1.82, 2.24) is 10.6 Å². The summed E-state index contributed by atoms with van der Waals surface area (Å²) in [7, 11) is 1.05. The lowest BCUT2D eigenvalue weighted by atomic mass is 10.1. The van der Waals surface area contributed by atoms with E-state index in [1.165, 1.54) is 18.0 Å². The maximum Gasteiger partial charge on any atom is 0.0857 e. The third-order valence-electron chi connectivity index (χ3n) is 2.61. The van der Waals surface area contributed by atoms with Crippen LogP contribution in [0, 0.1) is 0 Å². The second kappa shape index (κ2) is 7.21. The third kappa shape index (κ3) is 3.94. The van der Waals surface area contributed by atoms with E-state index in [0.29, 0.717) is 0 Å². The Bertz CT molecular complexity index is 161. The topological polar surface area (TPSA) is 24.1 Å². The molecule has 0 unspecified atom stereocenters. The minimum Gasteiger partial charge on any atom is -0.296 e. The van der Waals surface area contributed by atoms with E-state index in [4.69, 9.17) is 0 Å². The normalized spacial score (nSPS) is 11.9. The number of hydrogen-bond acceptors (Lipinski definition) is 2.